The lowest BCUT2D eigenvalue weighted by Gasteiger charge is -2.36. The van der Waals surface area contributed by atoms with E-state index in [1.807, 2.05) is 19.9 Å². The quantitative estimate of drug-likeness (QED) is 0.392. The number of methoxy groups -OCH3 is 1. The summed E-state index contributed by atoms with van der Waals surface area (Å²) in [5.41, 5.74) is 4.30. The van der Waals surface area contributed by atoms with Crippen LogP contribution in [0.2, 0.25) is 0 Å². The van der Waals surface area contributed by atoms with Crippen LogP contribution in [0.1, 0.15) is 82.6 Å². The van der Waals surface area contributed by atoms with Crippen molar-refractivity contribution in [3.05, 3.63) is 46.3 Å². The molecule has 1 N–H and O–H groups in total. The van der Waals surface area contributed by atoms with Crippen molar-refractivity contribution >= 4 is 11.5 Å². The first-order valence-electron chi connectivity index (χ1n) is 15.2. The predicted octanol–water partition coefficient (Wildman–Crippen LogP) is 6.17. The molecular weight excluding hydrogens is 521 g/mol. The van der Waals surface area contributed by atoms with Gasteiger partial charge < -0.3 is 28.7 Å². The number of fused-ring (bicyclic) bond motifs is 4. The number of rotatable bonds is 9. The molecule has 7 nitrogen and oxygen atoms in total. The minimum Gasteiger partial charge on any atom is -0.494 e. The number of morpholine rings is 1. The number of nitrogens with one attached hydrogen (secondary N) is 1. The lowest BCUT2D eigenvalue weighted by Crippen LogP contribution is -2.43. The van der Waals surface area contributed by atoms with E-state index >= 15 is 4.39 Å². The van der Waals surface area contributed by atoms with Crippen molar-refractivity contribution in [3.63, 3.8) is 0 Å². The summed E-state index contributed by atoms with van der Waals surface area (Å²) < 4.78 is 39.6. The Morgan fingerprint density at radius 2 is 1.71 bits per heavy atom. The fourth-order valence-electron chi connectivity index (χ4n) is 7.10. The summed E-state index contributed by atoms with van der Waals surface area (Å²) in [5, 5.41) is 9.10. The molecule has 3 fully saturated rings. The molecule has 1 saturated carbocycles. The second-order valence-corrected chi connectivity index (χ2v) is 12.9. The molecule has 4 aliphatic rings. The number of hydrogen-bond donors (Lipinski definition) is 1. The van der Waals surface area contributed by atoms with E-state index in [0.717, 1.165) is 62.2 Å². The van der Waals surface area contributed by atoms with Crippen molar-refractivity contribution in [2.75, 3.05) is 44.9 Å². The van der Waals surface area contributed by atoms with E-state index in [1.165, 1.54) is 11.1 Å². The normalized spacial score (nSPS) is 22.4. The Kier molecular flexibility index (Phi) is 7.12. The molecule has 0 amide bonds. The van der Waals surface area contributed by atoms with Crippen molar-refractivity contribution < 1.29 is 23.3 Å². The summed E-state index contributed by atoms with van der Waals surface area (Å²) in [7, 11) is 1.77. The molecule has 1 aliphatic carbocycles. The Morgan fingerprint density at radius 1 is 1.02 bits per heavy atom. The Morgan fingerprint density at radius 3 is 2.29 bits per heavy atom. The molecule has 2 bridgehead atoms. The van der Waals surface area contributed by atoms with E-state index in [2.05, 4.69) is 42.7 Å². The Balaban J connectivity index is 1.33. The standard InChI is InChI=1S/C33H44FN3O4/c1-7-39-26-17-23-27(28(34)30(26)40-8-2)31(35)37(33(23)12-13-33)14-11-20-15-24(32(3,4)5)29(38-6)25(16-20)36-18-21-9-10-22(19-36)41-21/h15-17,21-22,35H,7-14,18-19H2,1-6H3. The molecule has 2 aromatic carbocycles. The van der Waals surface area contributed by atoms with Gasteiger partial charge in [-0.15, -0.1) is 0 Å². The van der Waals surface area contributed by atoms with Gasteiger partial charge in [-0.25, -0.2) is 4.39 Å². The molecule has 3 heterocycles. The van der Waals surface area contributed by atoms with E-state index in [1.54, 1.807) is 7.11 Å². The van der Waals surface area contributed by atoms with Gasteiger partial charge in [-0.3, -0.25) is 5.41 Å². The maximum absolute atomic E-state index is 15.9. The Bertz CT molecular complexity index is 1340. The molecule has 6 rings (SSSR count). The highest BCUT2D eigenvalue weighted by Gasteiger charge is 2.58. The first-order chi connectivity index (χ1) is 19.6. The molecule has 8 heteroatoms. The van der Waals surface area contributed by atoms with Gasteiger partial charge in [-0.2, -0.15) is 0 Å². The highest BCUT2D eigenvalue weighted by atomic mass is 19.1. The van der Waals surface area contributed by atoms with Gasteiger partial charge in [0.1, 0.15) is 11.6 Å². The van der Waals surface area contributed by atoms with Crippen LogP contribution in [-0.4, -0.2) is 62.9 Å². The van der Waals surface area contributed by atoms with E-state index in [9.17, 15) is 0 Å². The number of anilines is 1. The fourth-order valence-corrected chi connectivity index (χ4v) is 7.10. The molecule has 3 aliphatic heterocycles. The van der Waals surface area contributed by atoms with E-state index in [-0.39, 0.29) is 34.7 Å². The van der Waals surface area contributed by atoms with Gasteiger partial charge in [0.05, 0.1) is 49.3 Å². The Hall–Kier alpha value is -3.00. The number of halogens is 1. The number of benzene rings is 2. The van der Waals surface area contributed by atoms with Crippen molar-refractivity contribution in [1.29, 1.82) is 5.41 Å². The summed E-state index contributed by atoms with van der Waals surface area (Å²) in [6, 6.07) is 6.46. The monoisotopic (exact) mass is 565 g/mol. The molecule has 41 heavy (non-hydrogen) atoms. The van der Waals surface area contributed by atoms with Gasteiger partial charge in [-0.05, 0) is 74.6 Å². The van der Waals surface area contributed by atoms with Gasteiger partial charge in [0, 0.05) is 25.2 Å². The molecule has 2 unspecified atom stereocenters. The summed E-state index contributed by atoms with van der Waals surface area (Å²) in [4.78, 5) is 4.56. The molecule has 2 saturated heterocycles. The van der Waals surface area contributed by atoms with Crippen LogP contribution < -0.4 is 19.1 Å². The number of hydrogen-bond acceptors (Lipinski definition) is 6. The number of ether oxygens (including phenoxy) is 4. The third-order valence-electron chi connectivity index (χ3n) is 9.17. The van der Waals surface area contributed by atoms with Gasteiger partial charge in [0.2, 0.25) is 0 Å². The van der Waals surface area contributed by atoms with Crippen LogP contribution in [0.3, 0.4) is 0 Å². The molecule has 2 aromatic rings. The van der Waals surface area contributed by atoms with Crippen molar-refractivity contribution in [3.8, 4) is 17.2 Å². The van der Waals surface area contributed by atoms with E-state index in [4.69, 9.17) is 24.4 Å². The molecule has 2 atom stereocenters. The smallest absolute Gasteiger partial charge is 0.197 e. The third-order valence-corrected chi connectivity index (χ3v) is 9.17. The van der Waals surface area contributed by atoms with Crippen LogP contribution in [0.15, 0.2) is 18.2 Å². The maximum Gasteiger partial charge on any atom is 0.197 e. The zero-order chi connectivity index (χ0) is 29.1. The van der Waals surface area contributed by atoms with Crippen molar-refractivity contribution in [2.45, 2.75) is 89.9 Å². The number of nitrogens with zero attached hydrogens (tertiary/aromatic N) is 2. The van der Waals surface area contributed by atoms with Gasteiger partial charge in [-0.1, -0.05) is 26.8 Å². The number of amidine groups is 1. The predicted molar refractivity (Wildman–Crippen MR) is 159 cm³/mol. The minimum absolute atomic E-state index is 0.107. The highest BCUT2D eigenvalue weighted by Crippen LogP contribution is 2.59. The molecular formula is C33H44FN3O4. The lowest BCUT2D eigenvalue weighted by molar-refractivity contribution is 0.0303. The van der Waals surface area contributed by atoms with Crippen molar-refractivity contribution in [2.24, 2.45) is 0 Å². The second kappa shape index (κ2) is 10.4. The van der Waals surface area contributed by atoms with Crippen LogP contribution in [0.25, 0.3) is 0 Å². The summed E-state index contributed by atoms with van der Waals surface area (Å²) in [5.74, 6) is 1.26. The first-order valence-corrected chi connectivity index (χ1v) is 15.2. The Labute approximate surface area is 243 Å². The van der Waals surface area contributed by atoms with Gasteiger partial charge in [0.15, 0.2) is 17.3 Å². The third kappa shape index (κ3) is 4.72. The summed E-state index contributed by atoms with van der Waals surface area (Å²) in [6.45, 7) is 13.5. The minimum atomic E-state index is -0.477. The van der Waals surface area contributed by atoms with Gasteiger partial charge >= 0.3 is 0 Å². The maximum atomic E-state index is 15.9. The summed E-state index contributed by atoms with van der Waals surface area (Å²) in [6.07, 6.45) is 5.32. The fraction of sp³-hybridized carbons (Fsp3) is 0.606. The average molecular weight is 566 g/mol. The van der Waals surface area contributed by atoms with E-state index in [0.29, 0.717) is 31.1 Å². The van der Waals surface area contributed by atoms with Crippen LogP contribution >= 0.6 is 0 Å². The largest absolute Gasteiger partial charge is 0.494 e. The van der Waals surface area contributed by atoms with Crippen LogP contribution in [0, 0.1) is 11.2 Å². The SMILES string of the molecule is CCOc1cc2c(c(F)c1OCC)C(=N)N(CCc1cc(N3CC4CCC(C3)O4)c(OC)c(C(C)(C)C)c1)C21CC1. The second-order valence-electron chi connectivity index (χ2n) is 12.9. The van der Waals surface area contributed by atoms with Gasteiger partial charge in [0.25, 0.3) is 0 Å². The molecule has 1 spiro atoms. The molecule has 0 aromatic heterocycles. The highest BCUT2D eigenvalue weighted by molar-refractivity contribution is 6.03. The molecule has 0 radical (unpaired) electrons. The van der Waals surface area contributed by atoms with Crippen LogP contribution in [-0.2, 0) is 22.1 Å². The first kappa shape index (κ1) is 28.1. The summed E-state index contributed by atoms with van der Waals surface area (Å²) >= 11 is 0. The van der Waals surface area contributed by atoms with Crippen LogP contribution in [0.5, 0.6) is 17.2 Å². The molecule has 222 valence electrons. The zero-order valence-electron chi connectivity index (χ0n) is 25.4. The lowest BCUT2D eigenvalue weighted by atomic mass is 9.84. The van der Waals surface area contributed by atoms with E-state index < -0.39 is 5.82 Å². The zero-order valence-corrected chi connectivity index (χ0v) is 25.4. The topological polar surface area (TPSA) is 67.3 Å². The average Bonchev–Trinajstić information content (AvgIpc) is 3.61. The van der Waals surface area contributed by atoms with Crippen molar-refractivity contribution in [1.82, 2.24) is 4.90 Å². The van der Waals surface area contributed by atoms with Crippen LogP contribution in [0.4, 0.5) is 10.1 Å².